The maximum Gasteiger partial charge on any atom is 0.198 e. The number of rotatable bonds is 15. The van der Waals surface area contributed by atoms with Gasteiger partial charge in [-0.05, 0) is 38.5 Å². The molecule has 0 aromatic heterocycles. The van der Waals surface area contributed by atoms with Crippen molar-refractivity contribution in [2.24, 2.45) is 0 Å². The molecule has 0 bridgehead atoms. The lowest BCUT2D eigenvalue weighted by Crippen LogP contribution is -2.24. The molecule has 34 heavy (non-hydrogen) atoms. The first-order valence-corrected chi connectivity index (χ1v) is 15.0. The fraction of sp³-hybridized carbons (Fsp3) is 0.462. The van der Waals surface area contributed by atoms with Crippen molar-refractivity contribution in [3.63, 3.8) is 0 Å². The van der Waals surface area contributed by atoms with Crippen LogP contribution in [0.3, 0.4) is 0 Å². The second-order valence-corrected chi connectivity index (χ2v) is 10.3. The first-order chi connectivity index (χ1) is 16.6. The molecule has 1 aliphatic carbocycles. The average Bonchev–Trinajstić information content (AvgIpc) is 2.86. The van der Waals surface area contributed by atoms with Crippen LogP contribution in [0.4, 0.5) is 0 Å². The third-order valence-corrected chi connectivity index (χ3v) is 7.11. The van der Waals surface area contributed by atoms with Crippen LogP contribution in [-0.4, -0.2) is 47.4 Å². The zero-order valence-electron chi connectivity index (χ0n) is 19.0. The topological polar surface area (TPSA) is 61.8 Å². The molecule has 0 aliphatic heterocycles. The Morgan fingerprint density at radius 3 is 1.59 bits per heavy atom. The quantitative estimate of drug-likeness (QED) is 0.128. The molecule has 0 amide bonds. The molecule has 2 aromatic rings. The molecule has 0 spiro atoms. The van der Waals surface area contributed by atoms with E-state index in [0.29, 0.717) is 48.2 Å². The summed E-state index contributed by atoms with van der Waals surface area (Å²) in [5.41, 5.74) is 1.29. The van der Waals surface area contributed by atoms with Gasteiger partial charge >= 0.3 is 0 Å². The van der Waals surface area contributed by atoms with Crippen molar-refractivity contribution in [1.29, 1.82) is 0 Å². The van der Waals surface area contributed by atoms with Crippen molar-refractivity contribution < 1.29 is 23.8 Å². The summed E-state index contributed by atoms with van der Waals surface area (Å²) in [5.74, 6) is 0.696. The largest absolute Gasteiger partial charge is 0.493 e. The Morgan fingerprint density at radius 1 is 0.588 bits per heavy atom. The van der Waals surface area contributed by atoms with Gasteiger partial charge in [0.05, 0.1) is 30.9 Å². The fourth-order valence-electron chi connectivity index (χ4n) is 3.70. The van der Waals surface area contributed by atoms with Gasteiger partial charge in [-0.25, -0.2) is 0 Å². The molecular weight excluding hydrogens is 632 g/mol. The Kier molecular flexibility index (Phi) is 11.4. The molecule has 0 heterocycles. The molecule has 184 valence electrons. The Balaban J connectivity index is 2.07. The van der Waals surface area contributed by atoms with Crippen LogP contribution in [0.25, 0.3) is 0 Å². The monoisotopic (exact) mass is 658 g/mol. The van der Waals surface area contributed by atoms with E-state index in [2.05, 4.69) is 47.8 Å². The van der Waals surface area contributed by atoms with Gasteiger partial charge in [-0.3, -0.25) is 9.59 Å². The van der Waals surface area contributed by atoms with Crippen LogP contribution >= 0.6 is 47.8 Å². The maximum atomic E-state index is 13.7. The van der Waals surface area contributed by atoms with E-state index in [1.54, 1.807) is 30.3 Å². The molecule has 0 radical (unpaired) electrons. The van der Waals surface area contributed by atoms with Gasteiger partial charge in [0.25, 0.3) is 0 Å². The third-order valence-electron chi connectivity index (χ3n) is 5.43. The number of carbonyl (C=O) groups is 2. The van der Waals surface area contributed by atoms with Gasteiger partial charge in [0.2, 0.25) is 0 Å². The molecule has 1 aliphatic rings. The first kappa shape index (κ1) is 27.2. The van der Waals surface area contributed by atoms with Gasteiger partial charge in [0, 0.05) is 33.2 Å². The van der Waals surface area contributed by atoms with Gasteiger partial charge in [-0.1, -0.05) is 72.1 Å². The van der Waals surface area contributed by atoms with E-state index >= 15 is 0 Å². The number of fused-ring (bicyclic) bond motifs is 2. The van der Waals surface area contributed by atoms with Crippen LogP contribution in [0.15, 0.2) is 30.3 Å². The van der Waals surface area contributed by atoms with E-state index in [-0.39, 0.29) is 22.7 Å². The highest BCUT2D eigenvalue weighted by Crippen LogP contribution is 2.45. The number of ketones is 2. The summed E-state index contributed by atoms with van der Waals surface area (Å²) in [6.45, 7) is 1.34. The van der Waals surface area contributed by atoms with E-state index in [1.165, 1.54) is 0 Å². The Bertz CT molecular complexity index is 993. The van der Waals surface area contributed by atoms with Crippen molar-refractivity contribution in [1.82, 2.24) is 0 Å². The van der Waals surface area contributed by atoms with E-state index in [0.717, 1.165) is 54.5 Å². The lowest BCUT2D eigenvalue weighted by atomic mass is 9.83. The minimum Gasteiger partial charge on any atom is -0.493 e. The molecule has 0 saturated carbocycles. The average molecular weight is 661 g/mol. The second-order valence-electron chi connectivity index (χ2n) is 7.89. The number of ether oxygens (including phenoxy) is 3. The number of benzene rings is 2. The first-order valence-electron chi connectivity index (χ1n) is 11.6. The molecule has 0 unspecified atom stereocenters. The van der Waals surface area contributed by atoms with Crippen LogP contribution in [0.2, 0.25) is 0 Å². The summed E-state index contributed by atoms with van der Waals surface area (Å²) in [6, 6.07) is 8.63. The molecule has 0 fully saturated rings. The Hall–Kier alpha value is -1.38. The van der Waals surface area contributed by atoms with Crippen molar-refractivity contribution >= 4 is 59.4 Å². The highest BCUT2D eigenvalue weighted by Gasteiger charge is 2.37. The number of alkyl halides is 3. The molecule has 8 heteroatoms. The van der Waals surface area contributed by atoms with Crippen LogP contribution in [0.1, 0.15) is 70.4 Å². The maximum absolute atomic E-state index is 13.7. The minimum atomic E-state index is -0.239. The van der Waals surface area contributed by atoms with Crippen LogP contribution in [0, 0.1) is 0 Å². The predicted octanol–water partition coefficient (Wildman–Crippen LogP) is 7.12. The lowest BCUT2D eigenvalue weighted by Gasteiger charge is -2.25. The van der Waals surface area contributed by atoms with E-state index in [9.17, 15) is 9.59 Å². The van der Waals surface area contributed by atoms with Gasteiger partial charge in [0.1, 0.15) is 5.75 Å². The second kappa shape index (κ2) is 14.2. The summed E-state index contributed by atoms with van der Waals surface area (Å²) < 4.78 is 18.3. The predicted molar refractivity (Wildman–Crippen MR) is 145 cm³/mol. The lowest BCUT2D eigenvalue weighted by molar-refractivity contribution is 0.0970. The van der Waals surface area contributed by atoms with Gasteiger partial charge in [-0.15, -0.1) is 0 Å². The van der Waals surface area contributed by atoms with E-state index < -0.39 is 0 Å². The summed E-state index contributed by atoms with van der Waals surface area (Å²) in [5, 5.41) is 2.64. The van der Waals surface area contributed by atoms with Crippen LogP contribution < -0.4 is 14.2 Å². The Labute approximate surface area is 226 Å². The Morgan fingerprint density at radius 2 is 1.06 bits per heavy atom. The summed E-state index contributed by atoms with van der Waals surface area (Å²) in [6.07, 6.45) is 5.34. The highest BCUT2D eigenvalue weighted by molar-refractivity contribution is 9.09. The molecule has 5 nitrogen and oxygen atoms in total. The number of hydrogen-bond donors (Lipinski definition) is 0. The number of unbranched alkanes of at least 4 members (excludes halogenated alkanes) is 3. The summed E-state index contributed by atoms with van der Waals surface area (Å²) >= 11 is 10.3. The highest BCUT2D eigenvalue weighted by atomic mass is 79.9. The van der Waals surface area contributed by atoms with Crippen molar-refractivity contribution in [2.75, 3.05) is 35.8 Å². The molecule has 3 rings (SSSR count). The summed E-state index contributed by atoms with van der Waals surface area (Å²) in [7, 11) is 0. The van der Waals surface area contributed by atoms with Crippen molar-refractivity contribution in [3.05, 3.63) is 52.6 Å². The van der Waals surface area contributed by atoms with E-state index in [1.807, 2.05) is 0 Å². The van der Waals surface area contributed by atoms with Gasteiger partial charge in [-0.2, -0.15) is 0 Å². The van der Waals surface area contributed by atoms with Gasteiger partial charge < -0.3 is 14.2 Å². The van der Waals surface area contributed by atoms with Crippen molar-refractivity contribution in [2.45, 2.75) is 38.5 Å². The van der Waals surface area contributed by atoms with Gasteiger partial charge in [0.15, 0.2) is 23.1 Å². The standard InChI is InChI=1S/C26H29Br3O5/c27-11-3-6-14-32-20-17-21(33-15-7-4-12-28)26(34-16-8-5-13-29)23-22(20)24(30)18-9-1-2-10-19(18)25(23)31/h1-2,9-10,17H,3-8,11-16H2. The zero-order valence-corrected chi connectivity index (χ0v) is 23.8. The van der Waals surface area contributed by atoms with Crippen LogP contribution in [0.5, 0.6) is 17.2 Å². The van der Waals surface area contributed by atoms with Crippen LogP contribution in [-0.2, 0) is 0 Å². The molecule has 0 atom stereocenters. The minimum absolute atomic E-state index is 0.225. The molecule has 0 saturated heterocycles. The number of halogens is 3. The number of hydrogen-bond acceptors (Lipinski definition) is 5. The zero-order chi connectivity index (χ0) is 24.3. The normalized spacial score (nSPS) is 12.3. The SMILES string of the molecule is O=C1c2ccccc2C(=O)c2c(OCCCCBr)c(OCCCCBr)cc(OCCCCBr)c21. The number of carbonyl (C=O) groups excluding carboxylic acids is 2. The third kappa shape index (κ3) is 6.64. The summed E-state index contributed by atoms with van der Waals surface area (Å²) in [4.78, 5) is 27.2. The molecule has 0 N–H and O–H groups in total. The molecule has 2 aromatic carbocycles. The van der Waals surface area contributed by atoms with Crippen molar-refractivity contribution in [3.8, 4) is 17.2 Å². The fourth-order valence-corrected chi connectivity index (χ4v) is 4.89. The molecular formula is C26H29Br3O5. The van der Waals surface area contributed by atoms with E-state index in [4.69, 9.17) is 14.2 Å². The smallest absolute Gasteiger partial charge is 0.198 e.